The molecule has 0 aliphatic carbocycles. The number of rotatable bonds is 3. The van der Waals surface area contributed by atoms with Gasteiger partial charge in [-0.3, -0.25) is 4.79 Å². The molecule has 1 amide bonds. The van der Waals surface area contributed by atoms with Gasteiger partial charge < -0.3 is 15.5 Å². The first-order valence-corrected chi connectivity index (χ1v) is 10.2. The molecular weight excluding hydrogens is 419 g/mol. The number of fused-ring (bicyclic) bond motifs is 2. The van der Waals surface area contributed by atoms with Gasteiger partial charge in [-0.05, 0) is 24.1 Å². The highest BCUT2D eigenvalue weighted by atomic mass is 19.3. The summed E-state index contributed by atoms with van der Waals surface area (Å²) in [6.07, 6.45) is 2.99. The van der Waals surface area contributed by atoms with Gasteiger partial charge in [0, 0.05) is 36.5 Å². The summed E-state index contributed by atoms with van der Waals surface area (Å²) in [5, 5.41) is 0. The Kier molecular flexibility index (Phi) is 4.58. The van der Waals surface area contributed by atoms with E-state index in [9.17, 15) is 13.6 Å². The number of carbonyl (C=O) groups excluding carboxylic acids is 1. The number of amidine groups is 1. The first kappa shape index (κ1) is 20.3. The van der Waals surface area contributed by atoms with Gasteiger partial charge in [-0.15, -0.1) is 0 Å². The van der Waals surface area contributed by atoms with E-state index in [2.05, 4.69) is 9.98 Å². The second-order valence-corrected chi connectivity index (χ2v) is 8.03. The lowest BCUT2D eigenvalue weighted by Gasteiger charge is -2.26. The fourth-order valence-electron chi connectivity index (χ4n) is 4.58. The minimum Gasteiger partial charge on any atom is -0.386 e. The Labute approximate surface area is 182 Å². The minimum atomic E-state index is -3.72. The molecule has 164 valence electrons. The molecule has 0 saturated heterocycles. The van der Waals surface area contributed by atoms with Crippen LogP contribution in [-0.4, -0.2) is 42.7 Å². The largest absolute Gasteiger partial charge is 0.386 e. The molecule has 0 radical (unpaired) electrons. The van der Waals surface area contributed by atoms with Crippen LogP contribution >= 0.6 is 0 Å². The lowest BCUT2D eigenvalue weighted by molar-refractivity contribution is -0.143. The van der Waals surface area contributed by atoms with Gasteiger partial charge in [0.1, 0.15) is 24.2 Å². The second kappa shape index (κ2) is 7.22. The van der Waals surface area contributed by atoms with Crippen molar-refractivity contribution in [3.05, 3.63) is 71.2 Å². The first-order valence-electron chi connectivity index (χ1n) is 10.2. The standard InChI is InChI=1S/C23H20F3N5O/c1-30-11-16(18-20(27)28-12-29-21(18)30)14-7-8-17-15(19(14)24)9-10-31(17)22(32)23(25,26)13-5-3-2-4-6-13/h2-8,11-12,18,21H,9-10H2,1H3,(H2,27,28,29). The molecule has 2 atom stereocenters. The number of carbonyl (C=O) groups is 1. The Morgan fingerprint density at radius 1 is 1.19 bits per heavy atom. The highest BCUT2D eigenvalue weighted by Crippen LogP contribution is 2.42. The maximum Gasteiger partial charge on any atom is 0.350 e. The van der Waals surface area contributed by atoms with Gasteiger partial charge in [0.25, 0.3) is 0 Å². The number of benzene rings is 2. The predicted octanol–water partition coefficient (Wildman–Crippen LogP) is 3.13. The van der Waals surface area contributed by atoms with E-state index in [0.29, 0.717) is 17.0 Å². The highest BCUT2D eigenvalue weighted by Gasteiger charge is 2.46. The minimum absolute atomic E-state index is 0.0180. The van der Waals surface area contributed by atoms with Gasteiger partial charge in [-0.1, -0.05) is 30.3 Å². The molecule has 2 aromatic carbocycles. The lowest BCUT2D eigenvalue weighted by Crippen LogP contribution is -2.41. The van der Waals surface area contributed by atoms with Crippen LogP contribution in [0.5, 0.6) is 0 Å². The van der Waals surface area contributed by atoms with Crippen molar-refractivity contribution in [1.29, 1.82) is 0 Å². The zero-order valence-corrected chi connectivity index (χ0v) is 17.2. The van der Waals surface area contributed by atoms with Gasteiger partial charge in [-0.2, -0.15) is 8.78 Å². The van der Waals surface area contributed by atoms with Crippen LogP contribution in [0.3, 0.4) is 0 Å². The van der Waals surface area contributed by atoms with Crippen molar-refractivity contribution in [3.63, 3.8) is 0 Å². The normalized spacial score (nSPS) is 21.9. The fourth-order valence-corrected chi connectivity index (χ4v) is 4.58. The number of nitrogens with zero attached hydrogens (tertiary/aromatic N) is 4. The van der Waals surface area contributed by atoms with Crippen molar-refractivity contribution in [2.75, 3.05) is 18.5 Å². The first-order chi connectivity index (χ1) is 15.3. The molecule has 3 aliphatic heterocycles. The van der Waals surface area contributed by atoms with Crippen LogP contribution in [0.2, 0.25) is 0 Å². The quantitative estimate of drug-likeness (QED) is 0.799. The predicted molar refractivity (Wildman–Crippen MR) is 116 cm³/mol. The summed E-state index contributed by atoms with van der Waals surface area (Å²) >= 11 is 0. The van der Waals surface area contributed by atoms with Crippen molar-refractivity contribution in [3.8, 4) is 0 Å². The molecule has 0 fully saturated rings. The Morgan fingerprint density at radius 3 is 2.69 bits per heavy atom. The molecule has 2 aromatic rings. The van der Waals surface area contributed by atoms with Crippen molar-refractivity contribution >= 4 is 29.3 Å². The van der Waals surface area contributed by atoms with E-state index in [1.807, 2.05) is 11.9 Å². The van der Waals surface area contributed by atoms with Gasteiger partial charge >= 0.3 is 11.8 Å². The third-order valence-corrected chi connectivity index (χ3v) is 6.19. The molecule has 0 saturated carbocycles. The zero-order valence-electron chi connectivity index (χ0n) is 17.2. The van der Waals surface area contributed by atoms with E-state index in [1.54, 1.807) is 12.3 Å². The summed E-state index contributed by atoms with van der Waals surface area (Å²) < 4.78 is 45.3. The Morgan fingerprint density at radius 2 is 1.94 bits per heavy atom. The summed E-state index contributed by atoms with van der Waals surface area (Å²) in [6.45, 7) is -0.0180. The average molecular weight is 439 g/mol. The summed E-state index contributed by atoms with van der Waals surface area (Å²) in [6, 6.07) is 9.93. The van der Waals surface area contributed by atoms with Gasteiger partial charge in [-0.25, -0.2) is 14.4 Å². The molecular formula is C23H20F3N5O. The molecule has 32 heavy (non-hydrogen) atoms. The molecule has 6 nitrogen and oxygen atoms in total. The molecule has 2 unspecified atom stereocenters. The van der Waals surface area contributed by atoms with Crippen LogP contribution in [0, 0.1) is 11.7 Å². The highest BCUT2D eigenvalue weighted by molar-refractivity contribution is 6.03. The number of aliphatic imine (C=N–C) groups is 2. The third kappa shape index (κ3) is 2.91. The summed E-state index contributed by atoms with van der Waals surface area (Å²) in [5.41, 5.74) is 7.01. The monoisotopic (exact) mass is 439 g/mol. The topological polar surface area (TPSA) is 74.3 Å². The maximum absolute atomic E-state index is 15.6. The van der Waals surface area contributed by atoms with Crippen molar-refractivity contribution < 1.29 is 18.0 Å². The Balaban J connectivity index is 1.49. The van der Waals surface area contributed by atoms with Gasteiger partial charge in [0.2, 0.25) is 0 Å². The fraction of sp³-hybridized carbons (Fsp3) is 0.261. The van der Waals surface area contributed by atoms with Crippen LogP contribution < -0.4 is 10.6 Å². The number of amides is 1. The second-order valence-electron chi connectivity index (χ2n) is 8.03. The Bertz CT molecular complexity index is 1190. The molecule has 3 aliphatic rings. The summed E-state index contributed by atoms with van der Waals surface area (Å²) in [7, 11) is 1.82. The molecule has 0 spiro atoms. The van der Waals surface area contributed by atoms with Crippen molar-refractivity contribution in [2.45, 2.75) is 18.5 Å². The van der Waals surface area contributed by atoms with E-state index in [0.717, 1.165) is 4.90 Å². The summed E-state index contributed by atoms with van der Waals surface area (Å²) in [4.78, 5) is 23.9. The van der Waals surface area contributed by atoms with Gasteiger partial charge in [0.05, 0.1) is 11.6 Å². The number of nitrogens with two attached hydrogens (primary N) is 1. The van der Waals surface area contributed by atoms with Crippen molar-refractivity contribution in [2.24, 2.45) is 21.6 Å². The lowest BCUT2D eigenvalue weighted by atomic mass is 9.90. The molecule has 5 rings (SSSR count). The number of halogens is 3. The number of hydrogen-bond donors (Lipinski definition) is 1. The SMILES string of the molecule is CN1C=C(c2ccc3c(c2F)CCN3C(=O)C(F)(F)c2ccccc2)C2C(N)=NC=NC21. The summed E-state index contributed by atoms with van der Waals surface area (Å²) in [5.74, 6) is -5.69. The molecule has 0 bridgehead atoms. The van der Waals surface area contributed by atoms with Gasteiger partial charge in [0.15, 0.2) is 0 Å². The zero-order chi connectivity index (χ0) is 22.6. The molecule has 0 aromatic heterocycles. The molecule has 3 heterocycles. The molecule has 9 heteroatoms. The third-order valence-electron chi connectivity index (χ3n) is 6.19. The number of anilines is 1. The van der Waals surface area contributed by atoms with E-state index in [-0.39, 0.29) is 30.4 Å². The smallest absolute Gasteiger partial charge is 0.350 e. The van der Waals surface area contributed by atoms with Crippen LogP contribution in [0.4, 0.5) is 18.9 Å². The van der Waals surface area contributed by atoms with E-state index < -0.39 is 29.1 Å². The molecule has 2 N–H and O–H groups in total. The van der Waals surface area contributed by atoms with E-state index >= 15 is 4.39 Å². The van der Waals surface area contributed by atoms with Crippen molar-refractivity contribution in [1.82, 2.24) is 4.90 Å². The number of hydrogen-bond acceptors (Lipinski definition) is 5. The van der Waals surface area contributed by atoms with Crippen LogP contribution in [0.15, 0.2) is 58.6 Å². The average Bonchev–Trinajstić information content (AvgIpc) is 3.37. The Hall–Kier alpha value is -3.62. The van der Waals surface area contributed by atoms with Crippen LogP contribution in [-0.2, 0) is 17.1 Å². The van der Waals surface area contributed by atoms with E-state index in [4.69, 9.17) is 5.73 Å². The van der Waals surface area contributed by atoms with E-state index in [1.165, 1.54) is 42.7 Å². The maximum atomic E-state index is 15.6. The van der Waals surface area contributed by atoms with Crippen LogP contribution in [0.1, 0.15) is 16.7 Å². The number of alkyl halides is 2. The van der Waals surface area contributed by atoms with Crippen LogP contribution in [0.25, 0.3) is 5.57 Å².